The number of aromatic nitrogens is 1. The number of aliphatic hydroxyl groups is 1. The highest BCUT2D eigenvalue weighted by molar-refractivity contribution is 6.21. The Hall–Kier alpha value is -2.89. The number of Topliss-reactive ketones (excluding diaryl/α,β-unsaturated/α-hetero) is 1. The minimum absolute atomic E-state index is 0.0274. The van der Waals surface area contributed by atoms with E-state index >= 15 is 0 Å². The summed E-state index contributed by atoms with van der Waals surface area (Å²) in [5.74, 6) is -0.765. The number of benzene rings is 1. The predicted octanol–water partition coefficient (Wildman–Crippen LogP) is 2.97. The van der Waals surface area contributed by atoms with Crippen LogP contribution in [0.15, 0.2) is 34.8 Å². The van der Waals surface area contributed by atoms with Gasteiger partial charge in [0.25, 0.3) is 0 Å². The Morgan fingerprint density at radius 2 is 1.92 bits per heavy atom. The van der Waals surface area contributed by atoms with Gasteiger partial charge in [0, 0.05) is 24.3 Å². The van der Waals surface area contributed by atoms with Gasteiger partial charge in [-0.2, -0.15) is 0 Å². The fourth-order valence-corrected chi connectivity index (χ4v) is 3.23. The lowest BCUT2D eigenvalue weighted by Crippen LogP contribution is -2.26. The molecule has 0 aliphatic heterocycles. The van der Waals surface area contributed by atoms with Gasteiger partial charge in [0.1, 0.15) is 5.76 Å². The van der Waals surface area contributed by atoms with Crippen molar-refractivity contribution in [3.63, 3.8) is 0 Å². The summed E-state index contributed by atoms with van der Waals surface area (Å²) in [6.45, 7) is 3.81. The van der Waals surface area contributed by atoms with Crippen molar-refractivity contribution < 1.29 is 19.4 Å². The molecule has 6 nitrogen and oxygen atoms in total. The van der Waals surface area contributed by atoms with Crippen LogP contribution in [0.3, 0.4) is 0 Å². The van der Waals surface area contributed by atoms with E-state index in [1.165, 1.54) is 31.4 Å². The molecule has 130 valence electrons. The lowest BCUT2D eigenvalue weighted by molar-refractivity contribution is -0.116. The summed E-state index contributed by atoms with van der Waals surface area (Å²) in [6, 6.07) is 5.85. The minimum atomic E-state index is -0.522. The van der Waals surface area contributed by atoms with Crippen molar-refractivity contribution in [1.82, 2.24) is 4.98 Å². The van der Waals surface area contributed by atoms with E-state index < -0.39 is 5.97 Å². The molecule has 6 heteroatoms. The van der Waals surface area contributed by atoms with Crippen LogP contribution in [0.1, 0.15) is 42.7 Å². The number of ether oxygens (including phenoxy) is 1. The van der Waals surface area contributed by atoms with Crippen LogP contribution in [0.4, 0.5) is 0 Å². The number of allylic oxidation sites excluding steroid dienone is 2. The Bertz CT molecular complexity index is 981. The summed E-state index contributed by atoms with van der Waals surface area (Å²) in [5, 5.41) is 10.7. The normalized spacial score (nSPS) is 17.0. The van der Waals surface area contributed by atoms with E-state index in [1.54, 1.807) is 0 Å². The zero-order valence-electron chi connectivity index (χ0n) is 14.3. The summed E-state index contributed by atoms with van der Waals surface area (Å²) >= 11 is 0. The number of carbonyl (C=O) groups excluding carboxylic acids is 2. The number of fused-ring (bicyclic) bond motifs is 1. The van der Waals surface area contributed by atoms with Crippen LogP contribution in [0.25, 0.3) is 16.5 Å². The number of rotatable bonds is 2. The Kier molecular flexibility index (Phi) is 3.99. The van der Waals surface area contributed by atoms with Gasteiger partial charge in [0.05, 0.1) is 29.5 Å². The summed E-state index contributed by atoms with van der Waals surface area (Å²) in [4.78, 5) is 39.5. The molecule has 1 aliphatic carbocycles. The molecule has 0 bridgehead atoms. The second kappa shape index (κ2) is 5.88. The van der Waals surface area contributed by atoms with Crippen LogP contribution in [0.2, 0.25) is 0 Å². The number of nitrogens with one attached hydrogen (secondary N) is 1. The second-order valence-electron chi connectivity index (χ2n) is 7.06. The number of pyridine rings is 1. The minimum Gasteiger partial charge on any atom is -0.511 e. The molecule has 1 aliphatic rings. The molecule has 2 N–H and O–H groups in total. The molecule has 0 amide bonds. The highest BCUT2D eigenvalue weighted by Gasteiger charge is 2.34. The van der Waals surface area contributed by atoms with Gasteiger partial charge in [-0.15, -0.1) is 0 Å². The first-order chi connectivity index (χ1) is 11.7. The fraction of sp³-hybridized carbons (Fsp3) is 0.316. The third kappa shape index (κ3) is 3.07. The molecule has 0 fully saturated rings. The highest BCUT2D eigenvalue weighted by atomic mass is 16.5. The van der Waals surface area contributed by atoms with Crippen LogP contribution < -0.4 is 5.43 Å². The number of aromatic amines is 1. The maximum Gasteiger partial charge on any atom is 0.337 e. The molecule has 0 saturated heterocycles. The molecule has 0 radical (unpaired) electrons. The van der Waals surface area contributed by atoms with E-state index in [9.17, 15) is 19.5 Å². The Balaban J connectivity index is 2.19. The number of hydrogen-bond donors (Lipinski definition) is 2. The molecular formula is C19H19NO5. The monoisotopic (exact) mass is 341 g/mol. The lowest BCUT2D eigenvalue weighted by Gasteiger charge is -2.29. The standard InChI is InChI=1S/C19H19NO5/c1-19(2)8-15(22)17(16(23)9-19)13-7-14(21)11-5-4-10(18(24)25-3)6-12(11)20-13/h4-7,22H,8-9H2,1-3H3,(H,20,21). The van der Waals surface area contributed by atoms with E-state index in [0.717, 1.165) is 0 Å². The van der Waals surface area contributed by atoms with Crippen molar-refractivity contribution in [3.05, 3.63) is 51.5 Å². The molecule has 0 saturated carbocycles. The molecule has 1 aromatic heterocycles. The number of ketones is 1. The first-order valence-electron chi connectivity index (χ1n) is 7.93. The van der Waals surface area contributed by atoms with Crippen LogP contribution in [-0.2, 0) is 9.53 Å². The van der Waals surface area contributed by atoms with Crippen molar-refractivity contribution in [2.75, 3.05) is 7.11 Å². The predicted molar refractivity (Wildman–Crippen MR) is 93.5 cm³/mol. The third-order valence-corrected chi connectivity index (χ3v) is 4.37. The summed E-state index contributed by atoms with van der Waals surface area (Å²) in [7, 11) is 1.27. The zero-order valence-corrected chi connectivity index (χ0v) is 14.3. The van der Waals surface area contributed by atoms with E-state index in [0.29, 0.717) is 17.3 Å². The van der Waals surface area contributed by atoms with Crippen LogP contribution in [0, 0.1) is 5.41 Å². The van der Waals surface area contributed by atoms with Crippen molar-refractivity contribution >= 4 is 28.2 Å². The average Bonchev–Trinajstić information content (AvgIpc) is 2.51. The second-order valence-corrected chi connectivity index (χ2v) is 7.06. The van der Waals surface area contributed by atoms with Gasteiger partial charge in [0.2, 0.25) is 0 Å². The highest BCUT2D eigenvalue weighted by Crippen LogP contribution is 2.38. The van der Waals surface area contributed by atoms with E-state index in [-0.39, 0.29) is 45.6 Å². The quantitative estimate of drug-likeness (QED) is 0.819. The molecule has 0 unspecified atom stereocenters. The average molecular weight is 341 g/mol. The topological polar surface area (TPSA) is 96.5 Å². The van der Waals surface area contributed by atoms with E-state index in [2.05, 4.69) is 9.72 Å². The number of methoxy groups -OCH3 is 1. The maximum absolute atomic E-state index is 12.5. The molecule has 1 heterocycles. The SMILES string of the molecule is COC(=O)c1ccc2c(=O)cc(C3=C(O)CC(C)(C)CC3=O)[nH]c2c1. The molecule has 25 heavy (non-hydrogen) atoms. The first kappa shape index (κ1) is 17.0. The smallest absolute Gasteiger partial charge is 0.337 e. The van der Waals surface area contributed by atoms with Crippen molar-refractivity contribution in [3.8, 4) is 0 Å². The number of H-pyrrole nitrogens is 1. The van der Waals surface area contributed by atoms with Gasteiger partial charge in [-0.1, -0.05) is 13.8 Å². The number of esters is 1. The molecule has 2 aromatic rings. The van der Waals surface area contributed by atoms with Gasteiger partial charge in [-0.25, -0.2) is 4.79 Å². The van der Waals surface area contributed by atoms with Crippen molar-refractivity contribution in [1.29, 1.82) is 0 Å². The summed E-state index contributed by atoms with van der Waals surface area (Å²) in [6.07, 6.45) is 0.644. The third-order valence-electron chi connectivity index (χ3n) is 4.37. The molecule has 1 aromatic carbocycles. The maximum atomic E-state index is 12.5. The van der Waals surface area contributed by atoms with Crippen molar-refractivity contribution in [2.45, 2.75) is 26.7 Å². The lowest BCUT2D eigenvalue weighted by atomic mass is 9.76. The summed E-state index contributed by atoms with van der Waals surface area (Å²) < 4.78 is 4.68. The Labute approximate surface area is 144 Å². The fourth-order valence-electron chi connectivity index (χ4n) is 3.23. The van der Waals surface area contributed by atoms with Crippen LogP contribution in [-0.4, -0.2) is 29.0 Å². The molecule has 0 spiro atoms. The Morgan fingerprint density at radius 1 is 1.20 bits per heavy atom. The molecule has 3 rings (SSSR count). The van der Waals surface area contributed by atoms with Crippen LogP contribution >= 0.6 is 0 Å². The first-order valence-corrected chi connectivity index (χ1v) is 7.93. The largest absolute Gasteiger partial charge is 0.511 e. The number of hydrogen-bond acceptors (Lipinski definition) is 5. The molecule has 0 atom stereocenters. The van der Waals surface area contributed by atoms with Gasteiger partial charge >= 0.3 is 5.97 Å². The number of aliphatic hydroxyl groups excluding tert-OH is 1. The van der Waals surface area contributed by atoms with Crippen LogP contribution in [0.5, 0.6) is 0 Å². The van der Waals surface area contributed by atoms with E-state index in [1.807, 2.05) is 13.8 Å². The van der Waals surface area contributed by atoms with Crippen molar-refractivity contribution in [2.24, 2.45) is 5.41 Å². The summed E-state index contributed by atoms with van der Waals surface area (Å²) in [5.41, 5.74) is 0.484. The Morgan fingerprint density at radius 3 is 2.56 bits per heavy atom. The van der Waals surface area contributed by atoms with Gasteiger partial charge in [0.15, 0.2) is 11.2 Å². The van der Waals surface area contributed by atoms with Gasteiger partial charge in [-0.3, -0.25) is 9.59 Å². The van der Waals surface area contributed by atoms with Gasteiger partial charge in [-0.05, 0) is 23.6 Å². The van der Waals surface area contributed by atoms with Gasteiger partial charge < -0.3 is 14.8 Å². The van der Waals surface area contributed by atoms with E-state index in [4.69, 9.17) is 0 Å². The number of carbonyl (C=O) groups is 2. The zero-order chi connectivity index (χ0) is 18.4. The molecular weight excluding hydrogens is 322 g/mol.